The molecule has 13 heavy (non-hydrogen) atoms. The molecule has 0 bridgehead atoms. The number of hydrogen-bond acceptors (Lipinski definition) is 4. The first kappa shape index (κ1) is 10.9. The Morgan fingerprint density at radius 2 is 2.54 bits per heavy atom. The lowest BCUT2D eigenvalue weighted by Crippen LogP contribution is -2.11. The highest BCUT2D eigenvalue weighted by molar-refractivity contribution is 7.99. The van der Waals surface area contributed by atoms with Crippen molar-refractivity contribution in [2.75, 3.05) is 25.4 Å². The van der Waals surface area contributed by atoms with Gasteiger partial charge in [0.25, 0.3) is 0 Å². The summed E-state index contributed by atoms with van der Waals surface area (Å²) in [4.78, 5) is 11.0. The molecular formula is C9H17NO2S. The first-order valence-corrected chi connectivity index (χ1v) is 5.85. The van der Waals surface area contributed by atoms with Crippen LogP contribution in [-0.2, 0) is 9.53 Å². The number of nitrogens with one attached hydrogen (secondary N) is 1. The van der Waals surface area contributed by atoms with Crippen molar-refractivity contribution in [3.63, 3.8) is 0 Å². The van der Waals surface area contributed by atoms with E-state index in [1.54, 1.807) is 0 Å². The van der Waals surface area contributed by atoms with Crippen LogP contribution < -0.4 is 5.32 Å². The smallest absolute Gasteiger partial charge is 0.306 e. The number of thioether (sulfide) groups is 1. The molecule has 0 aromatic carbocycles. The van der Waals surface area contributed by atoms with Gasteiger partial charge >= 0.3 is 5.97 Å². The molecule has 0 saturated carbocycles. The molecule has 1 saturated heterocycles. The van der Waals surface area contributed by atoms with E-state index in [1.807, 2.05) is 18.7 Å². The van der Waals surface area contributed by atoms with Crippen LogP contribution in [0.25, 0.3) is 0 Å². The van der Waals surface area contributed by atoms with Gasteiger partial charge in [-0.25, -0.2) is 0 Å². The van der Waals surface area contributed by atoms with Gasteiger partial charge in [0.05, 0.1) is 13.0 Å². The van der Waals surface area contributed by atoms with E-state index < -0.39 is 0 Å². The Balaban J connectivity index is 1.96. The number of rotatable bonds is 5. The van der Waals surface area contributed by atoms with Gasteiger partial charge in [-0.2, -0.15) is 11.8 Å². The molecule has 0 radical (unpaired) electrons. The molecule has 1 unspecified atom stereocenters. The molecule has 3 nitrogen and oxygen atoms in total. The number of ether oxygens (including phenoxy) is 1. The summed E-state index contributed by atoms with van der Waals surface area (Å²) in [6, 6.07) is 0. The van der Waals surface area contributed by atoms with Gasteiger partial charge in [-0.3, -0.25) is 4.79 Å². The molecule has 1 aliphatic heterocycles. The van der Waals surface area contributed by atoms with Crippen LogP contribution in [0.1, 0.15) is 19.8 Å². The maximum Gasteiger partial charge on any atom is 0.306 e. The Morgan fingerprint density at radius 1 is 1.69 bits per heavy atom. The zero-order chi connectivity index (χ0) is 9.52. The Bertz CT molecular complexity index is 158. The minimum atomic E-state index is -0.0686. The van der Waals surface area contributed by atoms with Gasteiger partial charge in [0.1, 0.15) is 0 Å². The maximum absolute atomic E-state index is 11.0. The summed E-state index contributed by atoms with van der Waals surface area (Å²) in [6.07, 6.45) is 1.78. The Hall–Kier alpha value is -0.220. The first-order valence-electron chi connectivity index (χ1n) is 4.81. The second-order valence-corrected chi connectivity index (χ2v) is 4.45. The molecule has 1 N–H and O–H groups in total. The molecule has 1 atom stereocenters. The first-order chi connectivity index (χ1) is 6.33. The van der Waals surface area contributed by atoms with Crippen molar-refractivity contribution in [1.29, 1.82) is 0 Å². The second-order valence-electron chi connectivity index (χ2n) is 3.04. The van der Waals surface area contributed by atoms with Gasteiger partial charge in [0, 0.05) is 17.5 Å². The van der Waals surface area contributed by atoms with E-state index in [9.17, 15) is 4.79 Å². The normalized spacial score (nSPS) is 21.8. The molecule has 0 aromatic rings. The molecule has 4 heteroatoms. The second kappa shape index (κ2) is 6.27. The highest BCUT2D eigenvalue weighted by atomic mass is 32.2. The zero-order valence-electron chi connectivity index (χ0n) is 8.04. The van der Waals surface area contributed by atoms with Crippen molar-refractivity contribution in [2.24, 2.45) is 0 Å². The lowest BCUT2D eigenvalue weighted by atomic mass is 10.4. The Kier molecular flexibility index (Phi) is 5.23. The van der Waals surface area contributed by atoms with E-state index in [-0.39, 0.29) is 5.97 Å². The molecule has 1 fully saturated rings. The molecule has 0 aliphatic carbocycles. The van der Waals surface area contributed by atoms with Crippen molar-refractivity contribution < 1.29 is 9.53 Å². The van der Waals surface area contributed by atoms with E-state index >= 15 is 0 Å². The minimum absolute atomic E-state index is 0.0686. The summed E-state index contributed by atoms with van der Waals surface area (Å²) in [5.41, 5.74) is 0. The monoisotopic (exact) mass is 203 g/mol. The average molecular weight is 203 g/mol. The molecule has 0 spiro atoms. The standard InChI is InChI=1S/C9H17NO2S/c1-2-12-9(11)4-6-13-8-3-5-10-7-8/h8,10H,2-7H2,1H3. The summed E-state index contributed by atoms with van der Waals surface area (Å²) in [5, 5.41) is 4.00. The van der Waals surface area contributed by atoms with Gasteiger partial charge in [-0.05, 0) is 19.9 Å². The summed E-state index contributed by atoms with van der Waals surface area (Å²) in [7, 11) is 0. The maximum atomic E-state index is 11.0. The van der Waals surface area contributed by atoms with E-state index in [4.69, 9.17) is 4.74 Å². The van der Waals surface area contributed by atoms with Gasteiger partial charge < -0.3 is 10.1 Å². The van der Waals surface area contributed by atoms with Crippen LogP contribution in [0.4, 0.5) is 0 Å². The third-order valence-electron chi connectivity index (χ3n) is 1.98. The van der Waals surface area contributed by atoms with Gasteiger partial charge in [-0.1, -0.05) is 0 Å². The van der Waals surface area contributed by atoms with Crippen LogP contribution in [0.3, 0.4) is 0 Å². The van der Waals surface area contributed by atoms with Crippen molar-refractivity contribution in [2.45, 2.75) is 25.0 Å². The van der Waals surface area contributed by atoms with Crippen LogP contribution in [0, 0.1) is 0 Å². The van der Waals surface area contributed by atoms with Crippen LogP contribution in [-0.4, -0.2) is 36.7 Å². The molecule has 0 amide bonds. The van der Waals surface area contributed by atoms with E-state index in [0.29, 0.717) is 18.3 Å². The Morgan fingerprint density at radius 3 is 3.15 bits per heavy atom. The third kappa shape index (κ3) is 4.52. The highest BCUT2D eigenvalue weighted by Gasteiger charge is 2.14. The lowest BCUT2D eigenvalue weighted by molar-refractivity contribution is -0.142. The Labute approximate surface area is 83.6 Å². The number of carbonyl (C=O) groups is 1. The van der Waals surface area contributed by atoms with Crippen LogP contribution in [0.5, 0.6) is 0 Å². The van der Waals surface area contributed by atoms with Crippen molar-refractivity contribution in [3.05, 3.63) is 0 Å². The van der Waals surface area contributed by atoms with E-state index in [2.05, 4.69) is 5.32 Å². The van der Waals surface area contributed by atoms with E-state index in [1.165, 1.54) is 6.42 Å². The van der Waals surface area contributed by atoms with Gasteiger partial charge in [-0.15, -0.1) is 0 Å². The minimum Gasteiger partial charge on any atom is -0.466 e. The summed E-state index contributed by atoms with van der Waals surface area (Å²) in [6.45, 7) is 4.55. The third-order valence-corrected chi connectivity index (χ3v) is 3.29. The predicted octanol–water partition coefficient (Wildman–Crippen LogP) is 1.03. The van der Waals surface area contributed by atoms with Crippen LogP contribution in [0.2, 0.25) is 0 Å². The number of esters is 1. The molecule has 1 rings (SSSR count). The largest absolute Gasteiger partial charge is 0.466 e. The molecule has 1 heterocycles. The van der Waals surface area contributed by atoms with Crippen molar-refractivity contribution in [3.8, 4) is 0 Å². The van der Waals surface area contributed by atoms with Crippen LogP contribution >= 0.6 is 11.8 Å². The summed E-state index contributed by atoms with van der Waals surface area (Å²) >= 11 is 1.87. The highest BCUT2D eigenvalue weighted by Crippen LogP contribution is 2.17. The average Bonchev–Trinajstić information content (AvgIpc) is 2.57. The fraction of sp³-hybridized carbons (Fsp3) is 0.889. The summed E-state index contributed by atoms with van der Waals surface area (Å²) < 4.78 is 4.84. The molecule has 0 aromatic heterocycles. The van der Waals surface area contributed by atoms with E-state index in [0.717, 1.165) is 18.8 Å². The predicted molar refractivity (Wildman–Crippen MR) is 55.0 cm³/mol. The van der Waals surface area contributed by atoms with Crippen LogP contribution in [0.15, 0.2) is 0 Å². The fourth-order valence-corrected chi connectivity index (χ4v) is 2.45. The van der Waals surface area contributed by atoms with Crippen molar-refractivity contribution >= 4 is 17.7 Å². The quantitative estimate of drug-likeness (QED) is 0.677. The molecule has 76 valence electrons. The number of carbonyl (C=O) groups excluding carboxylic acids is 1. The fourth-order valence-electron chi connectivity index (χ4n) is 1.31. The summed E-state index contributed by atoms with van der Waals surface area (Å²) in [5.74, 6) is 0.825. The van der Waals surface area contributed by atoms with Gasteiger partial charge in [0.15, 0.2) is 0 Å². The zero-order valence-corrected chi connectivity index (χ0v) is 8.86. The molecule has 1 aliphatic rings. The topological polar surface area (TPSA) is 38.3 Å². The molecular weight excluding hydrogens is 186 g/mol. The lowest BCUT2D eigenvalue weighted by Gasteiger charge is -2.06. The number of hydrogen-bond donors (Lipinski definition) is 1. The van der Waals surface area contributed by atoms with Crippen molar-refractivity contribution in [1.82, 2.24) is 5.32 Å². The SMILES string of the molecule is CCOC(=O)CCSC1CCNC1. The van der Waals surface area contributed by atoms with Gasteiger partial charge in [0.2, 0.25) is 0 Å².